The van der Waals surface area contributed by atoms with Crippen LogP contribution < -0.4 is 0 Å². The van der Waals surface area contributed by atoms with Crippen molar-refractivity contribution in [3.63, 3.8) is 0 Å². The van der Waals surface area contributed by atoms with Crippen LogP contribution in [-0.4, -0.2) is 41.4 Å². The molecular formula is C11H15N5O2S. The van der Waals surface area contributed by atoms with Gasteiger partial charge in [-0.15, -0.1) is 10.2 Å². The summed E-state index contributed by atoms with van der Waals surface area (Å²) >= 11 is 1.18. The summed E-state index contributed by atoms with van der Waals surface area (Å²) < 4.78 is 3.72. The molecule has 0 amide bonds. The van der Waals surface area contributed by atoms with Gasteiger partial charge in [0.15, 0.2) is 5.16 Å². The molecule has 0 spiro atoms. The van der Waals surface area contributed by atoms with Gasteiger partial charge in [0.1, 0.15) is 5.82 Å². The van der Waals surface area contributed by atoms with E-state index in [9.17, 15) is 4.79 Å². The molecule has 0 saturated carbocycles. The van der Waals surface area contributed by atoms with Crippen LogP contribution in [0, 0.1) is 0 Å². The molecule has 0 radical (unpaired) electrons. The van der Waals surface area contributed by atoms with Crippen molar-refractivity contribution >= 4 is 17.7 Å². The minimum atomic E-state index is -0.863. The van der Waals surface area contributed by atoms with Gasteiger partial charge in [0.25, 0.3) is 0 Å². The zero-order chi connectivity index (χ0) is 13.8. The number of hydrogen-bond donors (Lipinski definition) is 1. The van der Waals surface area contributed by atoms with Crippen molar-refractivity contribution in [1.82, 2.24) is 24.5 Å². The van der Waals surface area contributed by atoms with E-state index in [1.54, 1.807) is 10.9 Å². The molecule has 2 heterocycles. The molecule has 2 aromatic rings. The van der Waals surface area contributed by atoms with Crippen molar-refractivity contribution < 1.29 is 9.90 Å². The summed E-state index contributed by atoms with van der Waals surface area (Å²) in [6.07, 6.45) is 2.48. The maximum atomic E-state index is 10.6. The Morgan fingerprint density at radius 2 is 2.26 bits per heavy atom. The molecule has 0 unspecified atom stereocenters. The van der Waals surface area contributed by atoms with Crippen LogP contribution >= 0.6 is 11.8 Å². The fraction of sp³-hybridized carbons (Fsp3) is 0.455. The Morgan fingerprint density at radius 1 is 1.47 bits per heavy atom. The number of rotatable bonds is 6. The molecule has 0 atom stereocenters. The standard InChI is InChI=1S/C11H15N5O2S/c1-3-9-13-14-11(19-7-10(17)18)16(9)6-8-4-5-12-15(8)2/h4-5H,3,6-7H2,1-2H3,(H,17,18). The van der Waals surface area contributed by atoms with E-state index in [4.69, 9.17) is 5.11 Å². The molecule has 0 bridgehead atoms. The van der Waals surface area contributed by atoms with E-state index in [0.717, 1.165) is 17.9 Å². The first-order valence-corrected chi connectivity index (χ1v) is 6.84. The number of nitrogens with zero attached hydrogens (tertiary/aromatic N) is 5. The Morgan fingerprint density at radius 3 is 2.84 bits per heavy atom. The first kappa shape index (κ1) is 13.6. The van der Waals surface area contributed by atoms with E-state index in [1.807, 2.05) is 24.6 Å². The van der Waals surface area contributed by atoms with Gasteiger partial charge < -0.3 is 5.11 Å². The highest BCUT2D eigenvalue weighted by atomic mass is 32.2. The minimum Gasteiger partial charge on any atom is -0.481 e. The summed E-state index contributed by atoms with van der Waals surface area (Å²) in [6.45, 7) is 2.59. The number of aryl methyl sites for hydroxylation is 2. The van der Waals surface area contributed by atoms with Gasteiger partial charge in [-0.05, 0) is 6.07 Å². The van der Waals surface area contributed by atoms with Gasteiger partial charge in [0, 0.05) is 19.7 Å². The molecule has 0 aromatic carbocycles. The van der Waals surface area contributed by atoms with Crippen molar-refractivity contribution in [3.05, 3.63) is 23.8 Å². The van der Waals surface area contributed by atoms with E-state index in [0.29, 0.717) is 11.7 Å². The van der Waals surface area contributed by atoms with Crippen LogP contribution in [0.2, 0.25) is 0 Å². The Balaban J connectivity index is 2.23. The highest BCUT2D eigenvalue weighted by Crippen LogP contribution is 2.18. The highest BCUT2D eigenvalue weighted by Gasteiger charge is 2.14. The van der Waals surface area contributed by atoms with Crippen LogP contribution in [0.25, 0.3) is 0 Å². The molecule has 2 rings (SSSR count). The summed E-state index contributed by atoms with van der Waals surface area (Å²) in [5.41, 5.74) is 1.02. The highest BCUT2D eigenvalue weighted by molar-refractivity contribution is 7.99. The molecule has 102 valence electrons. The second kappa shape index (κ2) is 5.87. The van der Waals surface area contributed by atoms with Gasteiger partial charge in [0.2, 0.25) is 0 Å². The van der Waals surface area contributed by atoms with Crippen LogP contribution in [0.3, 0.4) is 0 Å². The maximum absolute atomic E-state index is 10.6. The quantitative estimate of drug-likeness (QED) is 0.788. The third kappa shape index (κ3) is 3.14. The van der Waals surface area contributed by atoms with Gasteiger partial charge in [-0.3, -0.25) is 14.0 Å². The van der Waals surface area contributed by atoms with E-state index >= 15 is 0 Å². The Hall–Kier alpha value is -1.83. The van der Waals surface area contributed by atoms with Crippen LogP contribution in [-0.2, 0) is 24.8 Å². The Labute approximate surface area is 114 Å². The topological polar surface area (TPSA) is 85.8 Å². The largest absolute Gasteiger partial charge is 0.481 e. The second-order valence-electron chi connectivity index (χ2n) is 3.97. The number of hydrogen-bond acceptors (Lipinski definition) is 5. The number of carbonyl (C=O) groups is 1. The monoisotopic (exact) mass is 281 g/mol. The predicted octanol–water partition coefficient (Wildman–Crippen LogP) is 0.799. The molecule has 0 saturated heterocycles. The Bertz CT molecular complexity index is 577. The zero-order valence-electron chi connectivity index (χ0n) is 10.8. The summed E-state index contributed by atoms with van der Waals surface area (Å²) in [7, 11) is 1.87. The van der Waals surface area contributed by atoms with Crippen molar-refractivity contribution in [2.45, 2.75) is 25.0 Å². The van der Waals surface area contributed by atoms with E-state index in [2.05, 4.69) is 15.3 Å². The van der Waals surface area contributed by atoms with Crippen molar-refractivity contribution in [1.29, 1.82) is 0 Å². The normalized spacial score (nSPS) is 10.8. The summed E-state index contributed by atoms with van der Waals surface area (Å²) in [5, 5.41) is 21.6. The first-order chi connectivity index (χ1) is 9.11. The number of carboxylic acids is 1. The molecule has 8 heteroatoms. The number of aromatic nitrogens is 5. The van der Waals surface area contributed by atoms with Crippen LogP contribution in [0.15, 0.2) is 17.4 Å². The number of thioether (sulfide) groups is 1. The SMILES string of the molecule is CCc1nnc(SCC(=O)O)n1Cc1ccnn1C. The molecule has 0 fully saturated rings. The molecule has 1 N–H and O–H groups in total. The molecule has 0 aliphatic heterocycles. The van der Waals surface area contributed by atoms with E-state index in [-0.39, 0.29) is 5.75 Å². The number of aliphatic carboxylic acids is 1. The first-order valence-electron chi connectivity index (χ1n) is 5.85. The van der Waals surface area contributed by atoms with Gasteiger partial charge in [0.05, 0.1) is 18.0 Å². The van der Waals surface area contributed by atoms with Gasteiger partial charge >= 0.3 is 5.97 Å². The molecule has 0 aliphatic rings. The lowest BCUT2D eigenvalue weighted by atomic mass is 10.4. The molecule has 2 aromatic heterocycles. The summed E-state index contributed by atoms with van der Waals surface area (Å²) in [4.78, 5) is 10.6. The van der Waals surface area contributed by atoms with E-state index in [1.165, 1.54) is 11.8 Å². The third-order valence-electron chi connectivity index (χ3n) is 2.68. The minimum absolute atomic E-state index is 0.0206. The van der Waals surface area contributed by atoms with Gasteiger partial charge in [-0.2, -0.15) is 5.10 Å². The molecular weight excluding hydrogens is 266 g/mol. The van der Waals surface area contributed by atoms with Gasteiger partial charge in [-0.1, -0.05) is 18.7 Å². The summed E-state index contributed by atoms with van der Waals surface area (Å²) in [6, 6.07) is 1.92. The molecule has 7 nitrogen and oxygen atoms in total. The fourth-order valence-electron chi connectivity index (χ4n) is 1.69. The Kier molecular flexibility index (Phi) is 4.20. The van der Waals surface area contributed by atoms with Crippen LogP contribution in [0.4, 0.5) is 0 Å². The average molecular weight is 281 g/mol. The molecule has 0 aliphatic carbocycles. The lowest BCUT2D eigenvalue weighted by molar-refractivity contribution is -0.133. The zero-order valence-corrected chi connectivity index (χ0v) is 11.6. The summed E-state index contributed by atoms with van der Waals surface area (Å²) in [5.74, 6) is -0.0417. The van der Waals surface area contributed by atoms with E-state index < -0.39 is 5.97 Å². The van der Waals surface area contributed by atoms with Crippen molar-refractivity contribution in [2.24, 2.45) is 7.05 Å². The maximum Gasteiger partial charge on any atom is 0.313 e. The smallest absolute Gasteiger partial charge is 0.313 e. The lowest BCUT2D eigenvalue weighted by Gasteiger charge is -2.08. The number of carboxylic acid groups (broad SMARTS) is 1. The van der Waals surface area contributed by atoms with Gasteiger partial charge in [-0.25, -0.2) is 0 Å². The van der Waals surface area contributed by atoms with Crippen molar-refractivity contribution in [3.8, 4) is 0 Å². The van der Waals surface area contributed by atoms with Crippen LogP contribution in [0.5, 0.6) is 0 Å². The predicted molar refractivity (Wildman–Crippen MR) is 70.1 cm³/mol. The lowest BCUT2D eigenvalue weighted by Crippen LogP contribution is -2.10. The second-order valence-corrected chi connectivity index (χ2v) is 4.91. The van der Waals surface area contributed by atoms with Crippen molar-refractivity contribution in [2.75, 3.05) is 5.75 Å². The van der Waals surface area contributed by atoms with Crippen LogP contribution in [0.1, 0.15) is 18.4 Å². The average Bonchev–Trinajstić information content (AvgIpc) is 2.95. The molecule has 19 heavy (non-hydrogen) atoms. The fourth-order valence-corrected chi connectivity index (χ4v) is 2.37. The third-order valence-corrected chi connectivity index (χ3v) is 3.63.